The molecule has 0 spiro atoms. The maximum Gasteiger partial charge on any atom is 0.341 e. The van der Waals surface area contributed by atoms with Gasteiger partial charge in [0.15, 0.2) is 0 Å². The molecule has 1 amide bonds. The van der Waals surface area contributed by atoms with E-state index in [1.165, 1.54) is 30.2 Å². The van der Waals surface area contributed by atoms with Gasteiger partial charge < -0.3 is 10.1 Å². The Morgan fingerprint density at radius 2 is 2.05 bits per heavy atom. The van der Waals surface area contributed by atoms with Crippen molar-refractivity contribution in [1.29, 1.82) is 0 Å². The van der Waals surface area contributed by atoms with Crippen molar-refractivity contribution >= 4 is 40.0 Å². The fourth-order valence-corrected chi connectivity index (χ4v) is 2.96. The molecule has 0 aliphatic carbocycles. The molecule has 20 heavy (non-hydrogen) atoms. The minimum Gasteiger partial charge on any atom is -0.465 e. The van der Waals surface area contributed by atoms with E-state index in [1.807, 2.05) is 18.6 Å². The lowest BCUT2D eigenvalue weighted by Crippen LogP contribution is -2.23. The van der Waals surface area contributed by atoms with Crippen molar-refractivity contribution in [2.24, 2.45) is 5.92 Å². The summed E-state index contributed by atoms with van der Waals surface area (Å²) in [5.41, 5.74) is 1.43. The number of thioether (sulfide) groups is 1. The highest BCUT2D eigenvalue weighted by Crippen LogP contribution is 2.31. The number of hydrogen-bond acceptors (Lipinski definition) is 5. The molecule has 1 aromatic heterocycles. The fraction of sp³-hybridized carbons (Fsp3) is 0.571. The Kier molecular flexibility index (Phi) is 6.55. The summed E-state index contributed by atoms with van der Waals surface area (Å²) in [6.07, 6.45) is 2.67. The molecule has 1 N–H and O–H groups in total. The molecule has 0 aliphatic rings. The summed E-state index contributed by atoms with van der Waals surface area (Å²) >= 11 is 2.84. The van der Waals surface area contributed by atoms with Gasteiger partial charge in [-0.2, -0.15) is 11.8 Å². The van der Waals surface area contributed by atoms with Gasteiger partial charge in [-0.3, -0.25) is 4.79 Å². The van der Waals surface area contributed by atoms with Gasteiger partial charge in [-0.05, 0) is 36.5 Å². The Morgan fingerprint density at radius 3 is 2.55 bits per heavy atom. The largest absolute Gasteiger partial charge is 0.465 e. The molecule has 1 aromatic rings. The zero-order valence-corrected chi connectivity index (χ0v) is 14.1. The van der Waals surface area contributed by atoms with E-state index in [9.17, 15) is 9.59 Å². The molecule has 0 fully saturated rings. The first-order valence-electron chi connectivity index (χ1n) is 6.43. The van der Waals surface area contributed by atoms with Crippen molar-refractivity contribution in [2.45, 2.75) is 32.4 Å². The molecule has 0 bridgehead atoms. The molecular weight excluding hydrogens is 294 g/mol. The van der Waals surface area contributed by atoms with Crippen molar-refractivity contribution in [2.75, 3.05) is 18.7 Å². The molecule has 1 atom stereocenters. The summed E-state index contributed by atoms with van der Waals surface area (Å²) in [6, 6.07) is 0. The smallest absolute Gasteiger partial charge is 0.341 e. The Balaban J connectivity index is 3.04. The molecule has 6 heteroatoms. The topological polar surface area (TPSA) is 55.4 Å². The number of amides is 1. The molecule has 0 radical (unpaired) electrons. The molecule has 0 saturated heterocycles. The highest BCUT2D eigenvalue weighted by Gasteiger charge is 2.23. The lowest BCUT2D eigenvalue weighted by Gasteiger charge is -2.11. The summed E-state index contributed by atoms with van der Waals surface area (Å²) in [5.74, 6) is -0.0590. The highest BCUT2D eigenvalue weighted by atomic mass is 32.2. The summed E-state index contributed by atoms with van der Waals surface area (Å²) in [6.45, 7) is 6.01. The Morgan fingerprint density at radius 1 is 1.40 bits per heavy atom. The van der Waals surface area contributed by atoms with E-state index in [-0.39, 0.29) is 11.2 Å². The van der Waals surface area contributed by atoms with Gasteiger partial charge in [0.25, 0.3) is 0 Å². The maximum absolute atomic E-state index is 12.0. The second kappa shape index (κ2) is 7.69. The third-order valence-corrected chi connectivity index (χ3v) is 4.71. The first kappa shape index (κ1) is 17.0. The normalized spacial score (nSPS) is 12.3. The van der Waals surface area contributed by atoms with Crippen LogP contribution in [0.2, 0.25) is 0 Å². The van der Waals surface area contributed by atoms with Crippen LogP contribution in [0.3, 0.4) is 0 Å². The van der Waals surface area contributed by atoms with Crippen molar-refractivity contribution in [1.82, 2.24) is 0 Å². The lowest BCUT2D eigenvalue weighted by atomic mass is 10.0. The number of thiophene rings is 1. The third-order valence-electron chi connectivity index (χ3n) is 2.84. The quantitative estimate of drug-likeness (QED) is 0.817. The Bertz CT molecular complexity index is 483. The number of carbonyl (C=O) groups is 2. The highest BCUT2D eigenvalue weighted by molar-refractivity contribution is 7.99. The van der Waals surface area contributed by atoms with E-state index in [2.05, 4.69) is 19.2 Å². The Hall–Kier alpha value is -1.01. The summed E-state index contributed by atoms with van der Waals surface area (Å²) in [7, 11) is 1.36. The van der Waals surface area contributed by atoms with E-state index in [0.717, 1.165) is 12.0 Å². The van der Waals surface area contributed by atoms with Gasteiger partial charge in [0, 0.05) is 0 Å². The Labute approximate surface area is 128 Å². The average Bonchev–Trinajstić information content (AvgIpc) is 2.78. The molecule has 1 unspecified atom stereocenters. The SMILES string of the molecule is COC(=O)c1c(CC(C)C)csc1NC(=O)C(C)SC. The minimum absolute atomic E-state index is 0.0967. The average molecular weight is 315 g/mol. The van der Waals surface area contributed by atoms with Gasteiger partial charge in [0.05, 0.1) is 17.9 Å². The van der Waals surface area contributed by atoms with E-state index in [4.69, 9.17) is 4.74 Å². The number of ether oxygens (including phenoxy) is 1. The second-order valence-corrected chi connectivity index (χ2v) is 6.98. The number of rotatable bonds is 6. The first-order chi connectivity index (χ1) is 9.40. The molecule has 0 aliphatic heterocycles. The minimum atomic E-state index is -0.394. The number of hydrogen-bond donors (Lipinski definition) is 1. The van der Waals surface area contributed by atoms with Crippen LogP contribution >= 0.6 is 23.1 Å². The van der Waals surface area contributed by atoms with Crippen LogP contribution in [0, 0.1) is 5.92 Å². The van der Waals surface area contributed by atoms with Gasteiger partial charge in [-0.15, -0.1) is 11.3 Å². The van der Waals surface area contributed by atoms with Crippen molar-refractivity contribution in [3.05, 3.63) is 16.5 Å². The monoisotopic (exact) mass is 315 g/mol. The molecule has 112 valence electrons. The zero-order valence-electron chi connectivity index (χ0n) is 12.5. The molecule has 1 rings (SSSR count). The molecule has 4 nitrogen and oxygen atoms in total. The predicted molar refractivity (Wildman–Crippen MR) is 85.8 cm³/mol. The van der Waals surface area contributed by atoms with Gasteiger partial charge >= 0.3 is 5.97 Å². The fourth-order valence-electron chi connectivity index (χ4n) is 1.72. The molecule has 0 saturated carbocycles. The van der Waals surface area contributed by atoms with E-state index in [1.54, 1.807) is 0 Å². The predicted octanol–water partition coefficient (Wildman–Crippen LogP) is 3.42. The first-order valence-corrected chi connectivity index (χ1v) is 8.59. The van der Waals surface area contributed by atoms with Crippen LogP contribution in [0.15, 0.2) is 5.38 Å². The van der Waals surface area contributed by atoms with Gasteiger partial charge in [-0.1, -0.05) is 13.8 Å². The van der Waals surface area contributed by atoms with E-state index >= 15 is 0 Å². The van der Waals surface area contributed by atoms with Crippen LogP contribution in [-0.4, -0.2) is 30.5 Å². The number of esters is 1. The summed E-state index contributed by atoms with van der Waals surface area (Å²) in [4.78, 5) is 23.9. The summed E-state index contributed by atoms with van der Waals surface area (Å²) < 4.78 is 4.84. The van der Waals surface area contributed by atoms with Crippen molar-refractivity contribution in [3.63, 3.8) is 0 Å². The van der Waals surface area contributed by atoms with Crippen LogP contribution in [0.1, 0.15) is 36.7 Å². The number of nitrogens with one attached hydrogen (secondary N) is 1. The van der Waals surface area contributed by atoms with Crippen LogP contribution < -0.4 is 5.32 Å². The van der Waals surface area contributed by atoms with Gasteiger partial charge in [-0.25, -0.2) is 4.79 Å². The molecule has 0 aromatic carbocycles. The van der Waals surface area contributed by atoms with Crippen LogP contribution in [0.25, 0.3) is 0 Å². The second-order valence-electron chi connectivity index (χ2n) is 4.92. The molecule has 1 heterocycles. The number of methoxy groups -OCH3 is 1. The lowest BCUT2D eigenvalue weighted by molar-refractivity contribution is -0.115. The van der Waals surface area contributed by atoms with Crippen molar-refractivity contribution in [3.8, 4) is 0 Å². The van der Waals surface area contributed by atoms with E-state index in [0.29, 0.717) is 16.5 Å². The third kappa shape index (κ3) is 4.24. The zero-order chi connectivity index (χ0) is 15.3. The van der Waals surface area contributed by atoms with Crippen molar-refractivity contribution < 1.29 is 14.3 Å². The van der Waals surface area contributed by atoms with Gasteiger partial charge in [0.1, 0.15) is 5.00 Å². The summed E-state index contributed by atoms with van der Waals surface area (Å²) in [5, 5.41) is 5.18. The van der Waals surface area contributed by atoms with Gasteiger partial charge in [0.2, 0.25) is 5.91 Å². The maximum atomic E-state index is 12.0. The van der Waals surface area contributed by atoms with E-state index < -0.39 is 5.97 Å². The number of anilines is 1. The standard InChI is InChI=1S/C14H21NO3S2/c1-8(2)6-10-7-20-13(11(10)14(17)18-4)15-12(16)9(3)19-5/h7-9H,6H2,1-5H3,(H,15,16). The van der Waals surface area contributed by atoms with Crippen LogP contribution in [0.4, 0.5) is 5.00 Å². The number of carbonyl (C=O) groups excluding carboxylic acids is 2. The van der Waals surface area contributed by atoms with Crippen LogP contribution in [-0.2, 0) is 16.0 Å². The molecular formula is C14H21NO3S2. The van der Waals surface area contributed by atoms with Crippen LogP contribution in [0.5, 0.6) is 0 Å².